The van der Waals surface area contributed by atoms with Gasteiger partial charge in [-0.05, 0) is 31.5 Å². The summed E-state index contributed by atoms with van der Waals surface area (Å²) >= 11 is 0. The monoisotopic (exact) mass is 286 g/mol. The number of hydrogen-bond donors (Lipinski definition) is 1. The highest BCUT2D eigenvalue weighted by molar-refractivity contribution is 5.38. The molecule has 112 valence electrons. The summed E-state index contributed by atoms with van der Waals surface area (Å²) in [6.45, 7) is 5.93. The molecule has 2 rings (SSSR count). The number of hydrogen-bond acceptors (Lipinski definition) is 3. The van der Waals surface area contributed by atoms with Gasteiger partial charge in [-0.15, -0.1) is 0 Å². The fourth-order valence-electron chi connectivity index (χ4n) is 2.26. The van der Waals surface area contributed by atoms with E-state index in [9.17, 15) is 4.79 Å². The molecule has 4 nitrogen and oxygen atoms in total. The highest BCUT2D eigenvalue weighted by Gasteiger charge is 2.05. The average Bonchev–Trinajstić information content (AvgIpc) is 2.45. The normalized spacial score (nSPS) is 10.8. The van der Waals surface area contributed by atoms with Crippen LogP contribution >= 0.6 is 0 Å². The summed E-state index contributed by atoms with van der Waals surface area (Å²) in [6.07, 6.45) is 1.92. The van der Waals surface area contributed by atoms with E-state index >= 15 is 0 Å². The van der Waals surface area contributed by atoms with Crippen molar-refractivity contribution in [3.8, 4) is 5.69 Å². The molecule has 4 heteroatoms. The zero-order valence-corrected chi connectivity index (χ0v) is 12.8. The second-order valence-corrected chi connectivity index (χ2v) is 5.18. The van der Waals surface area contributed by atoms with Crippen LogP contribution in [0.25, 0.3) is 5.69 Å². The van der Waals surface area contributed by atoms with Gasteiger partial charge < -0.3 is 14.6 Å². The van der Waals surface area contributed by atoms with Crippen LogP contribution in [0.5, 0.6) is 0 Å². The third-order valence-electron chi connectivity index (χ3n) is 3.40. The molecule has 0 fully saturated rings. The first-order valence-electron chi connectivity index (χ1n) is 7.10. The summed E-state index contributed by atoms with van der Waals surface area (Å²) < 4.78 is 7.05. The molecule has 0 spiro atoms. The maximum Gasteiger partial charge on any atom is 0.186 e. The zero-order chi connectivity index (χ0) is 15.2. The van der Waals surface area contributed by atoms with E-state index in [1.807, 2.05) is 25.3 Å². The Morgan fingerprint density at radius 1 is 1.24 bits per heavy atom. The minimum Gasteiger partial charge on any atom is -0.383 e. The highest BCUT2D eigenvalue weighted by atomic mass is 16.5. The molecule has 0 radical (unpaired) electrons. The molecule has 1 N–H and O–H groups in total. The van der Waals surface area contributed by atoms with E-state index in [1.165, 1.54) is 5.56 Å². The Labute approximate surface area is 125 Å². The topological polar surface area (TPSA) is 43.3 Å². The van der Waals surface area contributed by atoms with E-state index in [1.54, 1.807) is 13.2 Å². The van der Waals surface area contributed by atoms with Crippen LogP contribution < -0.4 is 10.7 Å². The van der Waals surface area contributed by atoms with Gasteiger partial charge in [-0.2, -0.15) is 0 Å². The molecule has 1 aromatic heterocycles. The molecule has 0 unspecified atom stereocenters. The number of rotatable bonds is 6. The van der Waals surface area contributed by atoms with Crippen LogP contribution in [0.3, 0.4) is 0 Å². The molecule has 1 aromatic carbocycles. The maximum atomic E-state index is 12.1. The number of methoxy groups -OCH3 is 1. The zero-order valence-electron chi connectivity index (χ0n) is 12.8. The quantitative estimate of drug-likeness (QED) is 0.828. The second kappa shape index (κ2) is 7.20. The number of nitrogens with one attached hydrogen (secondary N) is 1. The first kappa shape index (κ1) is 15.5. The van der Waals surface area contributed by atoms with Crippen molar-refractivity contribution in [2.75, 3.05) is 20.3 Å². The number of pyridine rings is 1. The second-order valence-electron chi connectivity index (χ2n) is 5.18. The summed E-state index contributed by atoms with van der Waals surface area (Å²) in [5.41, 5.74) is 4.04. The molecule has 0 bridgehead atoms. The lowest BCUT2D eigenvalue weighted by atomic mass is 10.2. The lowest BCUT2D eigenvalue weighted by molar-refractivity contribution is 0.199. The molecule has 0 saturated heterocycles. The Morgan fingerprint density at radius 3 is 2.76 bits per heavy atom. The van der Waals surface area contributed by atoms with Crippen LogP contribution in [-0.4, -0.2) is 24.8 Å². The maximum absolute atomic E-state index is 12.1. The summed E-state index contributed by atoms with van der Waals surface area (Å²) in [4.78, 5) is 12.1. The van der Waals surface area contributed by atoms with Gasteiger partial charge in [-0.3, -0.25) is 4.79 Å². The lowest BCUT2D eigenvalue weighted by Crippen LogP contribution is -2.24. The van der Waals surface area contributed by atoms with Crippen molar-refractivity contribution in [3.05, 3.63) is 63.6 Å². The third kappa shape index (κ3) is 4.03. The van der Waals surface area contributed by atoms with Gasteiger partial charge in [0.25, 0.3) is 0 Å². The molecule has 0 saturated carbocycles. The molecule has 1 heterocycles. The van der Waals surface area contributed by atoms with Gasteiger partial charge in [-0.1, -0.05) is 12.1 Å². The number of aryl methyl sites for hydroxylation is 2. The fraction of sp³-hybridized carbons (Fsp3) is 0.353. The molecule has 0 aliphatic heterocycles. The molecule has 21 heavy (non-hydrogen) atoms. The highest BCUT2D eigenvalue weighted by Crippen LogP contribution is 2.12. The smallest absolute Gasteiger partial charge is 0.186 e. The van der Waals surface area contributed by atoms with Crippen LogP contribution in [0.4, 0.5) is 0 Å². The van der Waals surface area contributed by atoms with E-state index in [0.29, 0.717) is 13.2 Å². The van der Waals surface area contributed by atoms with E-state index in [0.717, 1.165) is 23.5 Å². The van der Waals surface area contributed by atoms with Crippen molar-refractivity contribution >= 4 is 0 Å². The fourth-order valence-corrected chi connectivity index (χ4v) is 2.26. The molecule has 0 amide bonds. The minimum atomic E-state index is 0.0707. The van der Waals surface area contributed by atoms with Gasteiger partial charge in [0.2, 0.25) is 0 Å². The molecule has 0 aliphatic carbocycles. The minimum absolute atomic E-state index is 0.0707. The summed E-state index contributed by atoms with van der Waals surface area (Å²) in [7, 11) is 1.66. The van der Waals surface area contributed by atoms with Crippen LogP contribution in [0.1, 0.15) is 16.8 Å². The molecular weight excluding hydrogens is 264 g/mol. The Kier molecular flexibility index (Phi) is 5.31. The van der Waals surface area contributed by atoms with E-state index in [-0.39, 0.29) is 5.43 Å². The number of nitrogens with zero attached hydrogens (tertiary/aromatic N) is 1. The van der Waals surface area contributed by atoms with Crippen LogP contribution in [0.15, 0.2) is 41.3 Å². The molecular formula is C17H22N2O2. The van der Waals surface area contributed by atoms with Crippen LogP contribution in [-0.2, 0) is 11.3 Å². The first-order chi connectivity index (χ1) is 10.1. The number of aromatic nitrogens is 1. The van der Waals surface area contributed by atoms with Crippen molar-refractivity contribution < 1.29 is 4.74 Å². The van der Waals surface area contributed by atoms with Gasteiger partial charge in [0.1, 0.15) is 0 Å². The summed E-state index contributed by atoms with van der Waals surface area (Å²) in [6, 6.07) is 9.94. The van der Waals surface area contributed by atoms with Gasteiger partial charge in [-0.25, -0.2) is 0 Å². The molecule has 0 aliphatic rings. The Bertz CT molecular complexity index is 662. The SMILES string of the molecule is COCCNCc1cn(-c2cccc(C)c2)c(C)cc1=O. The van der Waals surface area contributed by atoms with Crippen molar-refractivity contribution in [1.82, 2.24) is 9.88 Å². The van der Waals surface area contributed by atoms with Crippen molar-refractivity contribution in [2.45, 2.75) is 20.4 Å². The molecule has 2 aromatic rings. The lowest BCUT2D eigenvalue weighted by Gasteiger charge is -2.13. The van der Waals surface area contributed by atoms with Crippen LogP contribution in [0.2, 0.25) is 0 Å². The summed E-state index contributed by atoms with van der Waals surface area (Å²) in [5.74, 6) is 0. The Hall–Kier alpha value is -1.91. The standard InChI is InChI=1S/C17H22N2O2/c1-13-5-4-6-16(9-13)19-12-15(11-18-7-8-21-3)17(20)10-14(19)2/h4-6,9-10,12,18H,7-8,11H2,1-3H3. The van der Waals surface area contributed by atoms with Crippen LogP contribution in [0, 0.1) is 13.8 Å². The van der Waals surface area contributed by atoms with Crippen molar-refractivity contribution in [3.63, 3.8) is 0 Å². The number of benzene rings is 1. The van der Waals surface area contributed by atoms with Gasteiger partial charge in [0, 0.05) is 49.4 Å². The van der Waals surface area contributed by atoms with E-state index in [2.05, 4.69) is 28.9 Å². The first-order valence-corrected chi connectivity index (χ1v) is 7.10. The van der Waals surface area contributed by atoms with Gasteiger partial charge in [0.05, 0.1) is 6.61 Å². The molecule has 0 atom stereocenters. The van der Waals surface area contributed by atoms with Gasteiger partial charge >= 0.3 is 0 Å². The predicted molar refractivity (Wildman–Crippen MR) is 85.1 cm³/mol. The number of ether oxygens (including phenoxy) is 1. The summed E-state index contributed by atoms with van der Waals surface area (Å²) in [5, 5.41) is 3.21. The predicted octanol–water partition coefficient (Wildman–Crippen LogP) is 2.19. The van der Waals surface area contributed by atoms with Crippen molar-refractivity contribution in [1.29, 1.82) is 0 Å². The Balaban J connectivity index is 2.28. The van der Waals surface area contributed by atoms with Crippen molar-refractivity contribution in [2.24, 2.45) is 0 Å². The van der Waals surface area contributed by atoms with Gasteiger partial charge in [0.15, 0.2) is 5.43 Å². The third-order valence-corrected chi connectivity index (χ3v) is 3.40. The Morgan fingerprint density at radius 2 is 2.05 bits per heavy atom. The largest absolute Gasteiger partial charge is 0.383 e. The van der Waals surface area contributed by atoms with E-state index in [4.69, 9.17) is 4.74 Å². The average molecular weight is 286 g/mol. The van der Waals surface area contributed by atoms with E-state index < -0.39 is 0 Å².